The number of non-ortho nitro benzene ring substituents is 2. The van der Waals surface area contributed by atoms with E-state index in [4.69, 9.17) is 11.7 Å². The van der Waals surface area contributed by atoms with Gasteiger partial charge in [-0.25, -0.2) is 26.3 Å². The number of nitrogens with two attached hydrogens (primary N) is 2. The van der Waals surface area contributed by atoms with E-state index in [9.17, 15) is 29.8 Å². The number of hydrazine groups is 4. The molecule has 0 spiro atoms. The predicted molar refractivity (Wildman–Crippen MR) is 129 cm³/mol. The first-order valence-corrected chi connectivity index (χ1v) is 9.97. The van der Waals surface area contributed by atoms with Crippen molar-refractivity contribution in [3.05, 3.63) is 93.0 Å². The molecule has 3 aromatic rings. The van der Waals surface area contributed by atoms with E-state index < -0.39 is 21.9 Å². The summed E-state index contributed by atoms with van der Waals surface area (Å²) < 4.78 is 0. The Labute approximate surface area is 202 Å². The smallest absolute Gasteiger partial charge is 0.297 e. The summed E-state index contributed by atoms with van der Waals surface area (Å²) in [7, 11) is 0. The third kappa shape index (κ3) is 5.71. The van der Waals surface area contributed by atoms with E-state index in [0.717, 1.165) is 5.01 Å². The number of nitro groups is 2. The number of carbonyl (C=O) groups excluding carboxylic acids is 2. The van der Waals surface area contributed by atoms with Crippen molar-refractivity contribution in [3.63, 3.8) is 0 Å². The Kier molecular flexibility index (Phi) is 7.75. The maximum absolute atomic E-state index is 12.9. The van der Waals surface area contributed by atoms with Crippen molar-refractivity contribution in [3.8, 4) is 0 Å². The van der Waals surface area contributed by atoms with E-state index in [-0.39, 0.29) is 17.1 Å². The molecule has 16 nitrogen and oxygen atoms in total. The maximum Gasteiger partial charge on any atom is 0.355 e. The highest BCUT2D eigenvalue weighted by atomic mass is 16.6. The van der Waals surface area contributed by atoms with Crippen LogP contribution < -0.4 is 43.4 Å². The molecule has 0 fully saturated rings. The first-order valence-electron chi connectivity index (χ1n) is 9.97. The van der Waals surface area contributed by atoms with Gasteiger partial charge in [0.05, 0.1) is 32.6 Å². The van der Waals surface area contributed by atoms with Crippen molar-refractivity contribution >= 4 is 46.2 Å². The Morgan fingerprint density at radius 1 is 0.750 bits per heavy atom. The number of nitro benzene ring substituents is 2. The normalized spacial score (nSPS) is 10.1. The lowest BCUT2D eigenvalue weighted by atomic mass is 10.2. The zero-order valence-electron chi connectivity index (χ0n) is 18.3. The quantitative estimate of drug-likeness (QED) is 0.115. The summed E-state index contributed by atoms with van der Waals surface area (Å²) in [5, 5.41) is 24.7. The van der Waals surface area contributed by atoms with Crippen LogP contribution in [0.3, 0.4) is 0 Å². The molecule has 4 amide bonds. The van der Waals surface area contributed by atoms with E-state index in [0.29, 0.717) is 17.1 Å². The van der Waals surface area contributed by atoms with E-state index in [2.05, 4.69) is 10.9 Å². The topological polar surface area (TPSA) is 227 Å². The van der Waals surface area contributed by atoms with Gasteiger partial charge in [0.2, 0.25) is 0 Å². The molecule has 0 aliphatic heterocycles. The van der Waals surface area contributed by atoms with Gasteiger partial charge in [0.1, 0.15) is 0 Å². The fraction of sp³-hybridized carbons (Fsp3) is 0. The number of hydrogen-bond donors (Lipinski definition) is 6. The molecule has 0 aliphatic rings. The molecule has 0 atom stereocenters. The largest absolute Gasteiger partial charge is 0.355 e. The fourth-order valence-electron chi connectivity index (χ4n) is 3.08. The second kappa shape index (κ2) is 11.1. The van der Waals surface area contributed by atoms with E-state index in [1.165, 1.54) is 53.5 Å². The zero-order valence-corrected chi connectivity index (χ0v) is 18.3. The van der Waals surface area contributed by atoms with Crippen LogP contribution in [0.25, 0.3) is 0 Å². The number of nitrogens with one attached hydrogen (secondary N) is 4. The molecular formula is C20H20N10O6. The average molecular weight is 496 g/mol. The number of amides is 4. The molecule has 0 saturated heterocycles. The molecule has 0 aliphatic carbocycles. The van der Waals surface area contributed by atoms with Crippen molar-refractivity contribution in [1.82, 2.24) is 16.3 Å². The number of benzene rings is 3. The van der Waals surface area contributed by atoms with Crippen molar-refractivity contribution in [1.29, 1.82) is 0 Å². The number of anilines is 4. The Balaban J connectivity index is 2.14. The number of urea groups is 2. The number of hydrogen-bond acceptors (Lipinski definition) is 10. The van der Waals surface area contributed by atoms with Gasteiger partial charge in [-0.3, -0.25) is 41.9 Å². The van der Waals surface area contributed by atoms with Crippen molar-refractivity contribution < 1.29 is 19.4 Å². The molecule has 0 unspecified atom stereocenters. The molecule has 3 rings (SSSR count). The molecule has 3 aromatic carbocycles. The van der Waals surface area contributed by atoms with Crippen molar-refractivity contribution in [2.45, 2.75) is 0 Å². The molecule has 186 valence electrons. The van der Waals surface area contributed by atoms with Gasteiger partial charge in [0, 0.05) is 24.3 Å². The van der Waals surface area contributed by atoms with Gasteiger partial charge < -0.3 is 0 Å². The van der Waals surface area contributed by atoms with Crippen LogP contribution in [0, 0.1) is 20.2 Å². The van der Waals surface area contributed by atoms with Gasteiger partial charge in [-0.05, 0) is 42.5 Å². The van der Waals surface area contributed by atoms with Crippen molar-refractivity contribution in [2.75, 3.05) is 15.4 Å². The Bertz CT molecular complexity index is 1270. The Morgan fingerprint density at radius 3 is 1.81 bits per heavy atom. The van der Waals surface area contributed by atoms with Crippen LogP contribution in [0.5, 0.6) is 0 Å². The van der Waals surface area contributed by atoms with Gasteiger partial charge in [-0.2, -0.15) is 5.01 Å². The van der Waals surface area contributed by atoms with Gasteiger partial charge >= 0.3 is 12.1 Å². The minimum atomic E-state index is -0.832. The first kappa shape index (κ1) is 25.1. The number of nitrogens with zero attached hydrogens (tertiary/aromatic N) is 4. The highest BCUT2D eigenvalue weighted by Gasteiger charge is 2.26. The summed E-state index contributed by atoms with van der Waals surface area (Å²) in [6.45, 7) is 0. The van der Waals surface area contributed by atoms with Crippen molar-refractivity contribution in [2.24, 2.45) is 11.7 Å². The molecule has 0 aromatic heterocycles. The maximum atomic E-state index is 12.9. The monoisotopic (exact) mass is 496 g/mol. The second-order valence-corrected chi connectivity index (χ2v) is 6.89. The molecule has 0 heterocycles. The summed E-state index contributed by atoms with van der Waals surface area (Å²) in [5.74, 6) is 10.5. The summed E-state index contributed by atoms with van der Waals surface area (Å²) >= 11 is 0. The van der Waals surface area contributed by atoms with Crippen LogP contribution in [0.2, 0.25) is 0 Å². The molecule has 0 bridgehead atoms. The third-order valence-electron chi connectivity index (χ3n) is 4.67. The lowest BCUT2D eigenvalue weighted by Gasteiger charge is -2.36. The minimum Gasteiger partial charge on any atom is -0.297 e. The van der Waals surface area contributed by atoms with Crippen LogP contribution in [0.1, 0.15) is 0 Å². The molecule has 8 N–H and O–H groups in total. The molecule has 0 radical (unpaired) electrons. The summed E-state index contributed by atoms with van der Waals surface area (Å²) in [6.07, 6.45) is 0. The average Bonchev–Trinajstić information content (AvgIpc) is 2.90. The van der Waals surface area contributed by atoms with Gasteiger partial charge in [-0.1, -0.05) is 6.07 Å². The third-order valence-corrected chi connectivity index (χ3v) is 4.67. The number of carbonyl (C=O) groups is 2. The van der Waals surface area contributed by atoms with Crippen LogP contribution in [0.15, 0.2) is 72.8 Å². The zero-order chi connectivity index (χ0) is 26.2. The first-order chi connectivity index (χ1) is 17.2. The summed E-state index contributed by atoms with van der Waals surface area (Å²) in [5.41, 5.74) is 9.63. The Morgan fingerprint density at radius 2 is 1.31 bits per heavy atom. The van der Waals surface area contributed by atoms with Crippen LogP contribution >= 0.6 is 0 Å². The lowest BCUT2D eigenvalue weighted by Crippen LogP contribution is -2.51. The van der Waals surface area contributed by atoms with E-state index in [1.807, 2.05) is 10.9 Å². The fourth-order valence-corrected chi connectivity index (χ4v) is 3.08. The molecule has 0 saturated carbocycles. The predicted octanol–water partition coefficient (Wildman–Crippen LogP) is 2.15. The standard InChI is InChI=1S/C20H20N10O6/c21-23-19(31)26-25-13-2-1-3-18(12-13)27(14-4-8-16(9-5-14)29(33)34)28(20(32)24-22)15-6-10-17(11-7-15)30(35)36/h1-12,25H,21-22H2,(H,24,32)(H2,23,26,31). The molecular weight excluding hydrogens is 476 g/mol. The summed E-state index contributed by atoms with van der Waals surface area (Å²) in [6, 6.07) is 15.2. The second-order valence-electron chi connectivity index (χ2n) is 6.89. The van der Waals surface area contributed by atoms with Crippen LogP contribution in [-0.2, 0) is 0 Å². The van der Waals surface area contributed by atoms with Gasteiger partial charge in [0.15, 0.2) is 0 Å². The van der Waals surface area contributed by atoms with E-state index in [1.54, 1.807) is 24.3 Å². The van der Waals surface area contributed by atoms with E-state index >= 15 is 0 Å². The van der Waals surface area contributed by atoms with Gasteiger partial charge in [0.25, 0.3) is 11.4 Å². The highest BCUT2D eigenvalue weighted by Crippen LogP contribution is 2.34. The lowest BCUT2D eigenvalue weighted by molar-refractivity contribution is -0.385. The SMILES string of the molecule is NNC(=O)NNc1cccc(N(c2ccc([N+](=O)[O-])cc2)N(C(=O)NN)c2ccc([N+](=O)[O-])cc2)c1. The van der Waals surface area contributed by atoms with Gasteiger partial charge in [-0.15, -0.1) is 0 Å². The minimum absolute atomic E-state index is 0.181. The molecule has 36 heavy (non-hydrogen) atoms. The highest BCUT2D eigenvalue weighted by molar-refractivity contribution is 5.97. The molecule has 16 heteroatoms. The Hall–Kier alpha value is -5.48. The van der Waals surface area contributed by atoms with Crippen LogP contribution in [0.4, 0.5) is 43.7 Å². The number of rotatable bonds is 8. The summed E-state index contributed by atoms with van der Waals surface area (Å²) in [4.78, 5) is 45.4. The van der Waals surface area contributed by atoms with Crippen LogP contribution in [-0.4, -0.2) is 21.9 Å².